The van der Waals surface area contributed by atoms with Crippen LogP contribution in [-0.2, 0) is 10.0 Å². The second kappa shape index (κ2) is 6.06. The summed E-state index contributed by atoms with van der Waals surface area (Å²) in [4.78, 5) is 3.80. The van der Waals surface area contributed by atoms with Gasteiger partial charge >= 0.3 is 0 Å². The first-order valence-electron chi connectivity index (χ1n) is 6.20. The predicted molar refractivity (Wildman–Crippen MR) is 78.7 cm³/mol. The largest absolute Gasteiger partial charge is 0.307 e. The van der Waals surface area contributed by atoms with Gasteiger partial charge in [0.25, 0.3) is 10.0 Å². The summed E-state index contributed by atoms with van der Waals surface area (Å²) in [5.74, 6) is 4.82. The van der Waals surface area contributed by atoms with Gasteiger partial charge in [0, 0.05) is 12.7 Å². The van der Waals surface area contributed by atoms with Crippen molar-refractivity contribution >= 4 is 21.5 Å². The normalized spacial score (nSPS) is 11.2. The number of nitrogens with one attached hydrogen (secondary N) is 1. The van der Waals surface area contributed by atoms with E-state index in [9.17, 15) is 12.8 Å². The standard InChI is InChI=1S/C13H15FN4O2S/c1-2-18(11-6-3-5-10(14)9-11)21(19,20)12-7-4-8-16-13(12)17-15/h3-9H,2,15H2,1H3,(H,16,17). The van der Waals surface area contributed by atoms with Gasteiger partial charge in [0.1, 0.15) is 10.7 Å². The lowest BCUT2D eigenvalue weighted by Gasteiger charge is -2.23. The van der Waals surface area contributed by atoms with Crippen molar-refractivity contribution in [2.75, 3.05) is 16.3 Å². The molecule has 2 rings (SSSR count). The first-order valence-corrected chi connectivity index (χ1v) is 7.64. The molecular weight excluding hydrogens is 295 g/mol. The fourth-order valence-electron chi connectivity index (χ4n) is 1.95. The number of nitrogen functional groups attached to an aromatic ring is 1. The maximum Gasteiger partial charge on any atom is 0.268 e. The molecule has 0 bridgehead atoms. The first kappa shape index (κ1) is 15.2. The Hall–Kier alpha value is -2.19. The van der Waals surface area contributed by atoms with Crippen LogP contribution in [0.25, 0.3) is 0 Å². The van der Waals surface area contributed by atoms with Crippen molar-refractivity contribution in [3.05, 3.63) is 48.4 Å². The minimum atomic E-state index is -3.90. The number of hydrazine groups is 1. The van der Waals surface area contributed by atoms with Gasteiger partial charge in [-0.15, -0.1) is 0 Å². The Morgan fingerprint density at radius 2 is 2.10 bits per heavy atom. The van der Waals surface area contributed by atoms with Crippen molar-refractivity contribution in [2.45, 2.75) is 11.8 Å². The van der Waals surface area contributed by atoms with Crippen LogP contribution in [0.3, 0.4) is 0 Å². The predicted octanol–water partition coefficient (Wildman–Crippen LogP) is 1.72. The van der Waals surface area contributed by atoms with Gasteiger partial charge in [-0.3, -0.25) is 4.31 Å². The topological polar surface area (TPSA) is 88.3 Å². The van der Waals surface area contributed by atoms with E-state index in [2.05, 4.69) is 10.4 Å². The van der Waals surface area contributed by atoms with Crippen molar-refractivity contribution < 1.29 is 12.8 Å². The molecular formula is C13H15FN4O2S. The summed E-state index contributed by atoms with van der Waals surface area (Å²) in [6, 6.07) is 8.27. The van der Waals surface area contributed by atoms with Crippen LogP contribution in [0.5, 0.6) is 0 Å². The molecule has 21 heavy (non-hydrogen) atoms. The molecule has 1 heterocycles. The smallest absolute Gasteiger partial charge is 0.268 e. The lowest BCUT2D eigenvalue weighted by Crippen LogP contribution is -2.32. The quantitative estimate of drug-likeness (QED) is 0.648. The highest BCUT2D eigenvalue weighted by Crippen LogP contribution is 2.27. The van der Waals surface area contributed by atoms with Gasteiger partial charge in [0.05, 0.1) is 5.69 Å². The van der Waals surface area contributed by atoms with Crippen LogP contribution in [0.4, 0.5) is 15.9 Å². The number of rotatable bonds is 5. The van der Waals surface area contributed by atoms with Crippen molar-refractivity contribution in [2.24, 2.45) is 5.84 Å². The number of hydrogen-bond acceptors (Lipinski definition) is 5. The zero-order valence-corrected chi connectivity index (χ0v) is 12.1. The number of nitrogens with zero attached hydrogens (tertiary/aromatic N) is 2. The first-order chi connectivity index (χ1) is 10.0. The average molecular weight is 310 g/mol. The Balaban J connectivity index is 2.55. The number of hydrogen-bond donors (Lipinski definition) is 2. The van der Waals surface area contributed by atoms with Crippen molar-refractivity contribution in [1.82, 2.24) is 4.98 Å². The van der Waals surface area contributed by atoms with Crippen LogP contribution in [0.1, 0.15) is 6.92 Å². The van der Waals surface area contributed by atoms with Crippen LogP contribution in [0.2, 0.25) is 0 Å². The molecule has 2 aromatic rings. The van der Waals surface area contributed by atoms with Crippen LogP contribution >= 0.6 is 0 Å². The molecule has 0 unspecified atom stereocenters. The second-order valence-electron chi connectivity index (χ2n) is 4.14. The van der Waals surface area contributed by atoms with Crippen LogP contribution in [-0.4, -0.2) is 19.9 Å². The lowest BCUT2D eigenvalue weighted by atomic mass is 10.3. The molecule has 3 N–H and O–H groups in total. The molecule has 0 aliphatic rings. The van der Waals surface area contributed by atoms with Crippen LogP contribution in [0, 0.1) is 5.82 Å². The Morgan fingerprint density at radius 1 is 1.33 bits per heavy atom. The molecule has 0 atom stereocenters. The van der Waals surface area contributed by atoms with Gasteiger partial charge in [0.15, 0.2) is 5.82 Å². The monoisotopic (exact) mass is 310 g/mol. The van der Waals surface area contributed by atoms with Gasteiger partial charge in [-0.05, 0) is 37.3 Å². The zero-order valence-electron chi connectivity index (χ0n) is 11.3. The summed E-state index contributed by atoms with van der Waals surface area (Å²) in [7, 11) is -3.90. The number of sulfonamides is 1. The highest BCUT2D eigenvalue weighted by molar-refractivity contribution is 7.93. The molecule has 112 valence electrons. The second-order valence-corrected chi connectivity index (χ2v) is 5.97. The van der Waals surface area contributed by atoms with Gasteiger partial charge in [-0.25, -0.2) is 23.6 Å². The third-order valence-electron chi connectivity index (χ3n) is 2.86. The Morgan fingerprint density at radius 3 is 2.71 bits per heavy atom. The zero-order chi connectivity index (χ0) is 15.5. The number of halogens is 1. The molecule has 0 saturated carbocycles. The number of anilines is 2. The minimum Gasteiger partial charge on any atom is -0.307 e. The highest BCUT2D eigenvalue weighted by atomic mass is 32.2. The Bertz CT molecular complexity index is 736. The molecule has 8 heteroatoms. The molecule has 1 aromatic carbocycles. The van der Waals surface area contributed by atoms with E-state index in [0.29, 0.717) is 0 Å². The molecule has 6 nitrogen and oxygen atoms in total. The Labute approximate surface area is 122 Å². The summed E-state index contributed by atoms with van der Waals surface area (Å²) in [5.41, 5.74) is 2.49. The van der Waals surface area contributed by atoms with Gasteiger partial charge in [-0.2, -0.15) is 0 Å². The minimum absolute atomic E-state index is 0.0346. The summed E-state index contributed by atoms with van der Waals surface area (Å²) in [5, 5.41) is 0. The van der Waals surface area contributed by atoms with E-state index in [4.69, 9.17) is 5.84 Å². The average Bonchev–Trinajstić information content (AvgIpc) is 2.47. The fourth-order valence-corrected chi connectivity index (χ4v) is 3.52. The van der Waals surface area contributed by atoms with Gasteiger partial charge in [0.2, 0.25) is 0 Å². The number of benzene rings is 1. The number of nitrogens with two attached hydrogens (primary N) is 1. The molecule has 0 amide bonds. The van der Waals surface area contributed by atoms with E-state index in [1.807, 2.05) is 0 Å². The van der Waals surface area contributed by atoms with Crippen molar-refractivity contribution in [3.8, 4) is 0 Å². The van der Waals surface area contributed by atoms with E-state index < -0.39 is 15.8 Å². The van der Waals surface area contributed by atoms with E-state index in [0.717, 1.165) is 10.4 Å². The third kappa shape index (κ3) is 2.96. The summed E-state index contributed by atoms with van der Waals surface area (Å²) in [6.07, 6.45) is 1.42. The fraction of sp³-hybridized carbons (Fsp3) is 0.154. The molecule has 0 radical (unpaired) electrons. The van der Waals surface area contributed by atoms with Crippen LogP contribution in [0.15, 0.2) is 47.5 Å². The summed E-state index contributed by atoms with van der Waals surface area (Å²) < 4.78 is 39.9. The summed E-state index contributed by atoms with van der Waals surface area (Å²) in [6.45, 7) is 1.80. The molecule has 0 saturated heterocycles. The van der Waals surface area contributed by atoms with Gasteiger partial charge < -0.3 is 5.43 Å². The van der Waals surface area contributed by atoms with Gasteiger partial charge in [-0.1, -0.05) is 6.07 Å². The van der Waals surface area contributed by atoms with Crippen LogP contribution < -0.4 is 15.6 Å². The maximum atomic E-state index is 13.3. The Kier molecular flexibility index (Phi) is 4.39. The van der Waals surface area contributed by atoms with E-state index >= 15 is 0 Å². The number of aromatic nitrogens is 1. The van der Waals surface area contributed by atoms with Crippen molar-refractivity contribution in [1.29, 1.82) is 0 Å². The summed E-state index contributed by atoms with van der Waals surface area (Å²) >= 11 is 0. The molecule has 0 aliphatic carbocycles. The maximum absolute atomic E-state index is 13.3. The molecule has 0 aliphatic heterocycles. The highest BCUT2D eigenvalue weighted by Gasteiger charge is 2.27. The molecule has 1 aromatic heterocycles. The SMILES string of the molecule is CCN(c1cccc(F)c1)S(=O)(=O)c1cccnc1NN. The van der Waals surface area contributed by atoms with E-state index in [1.165, 1.54) is 36.5 Å². The van der Waals surface area contributed by atoms with Crippen molar-refractivity contribution in [3.63, 3.8) is 0 Å². The number of pyridine rings is 1. The van der Waals surface area contributed by atoms with E-state index in [-0.39, 0.29) is 22.9 Å². The lowest BCUT2D eigenvalue weighted by molar-refractivity contribution is 0.591. The van der Waals surface area contributed by atoms with E-state index in [1.54, 1.807) is 6.92 Å². The third-order valence-corrected chi connectivity index (χ3v) is 4.79. The molecule has 0 fully saturated rings. The molecule has 0 spiro atoms.